The van der Waals surface area contributed by atoms with E-state index in [2.05, 4.69) is 5.32 Å². The van der Waals surface area contributed by atoms with Gasteiger partial charge in [0.15, 0.2) is 0 Å². The topological polar surface area (TPSA) is 32.3 Å². The highest BCUT2D eigenvalue weighted by Crippen LogP contribution is 2.15. The van der Waals surface area contributed by atoms with E-state index < -0.39 is 0 Å². The predicted molar refractivity (Wildman–Crippen MR) is 72.5 cm³/mol. The van der Waals surface area contributed by atoms with E-state index in [0.29, 0.717) is 28.3 Å². The fraction of sp³-hybridized carbons (Fsp3) is 0.417. The van der Waals surface area contributed by atoms with Gasteiger partial charge >= 0.3 is 0 Å². The Morgan fingerprint density at radius 2 is 2.35 bits per heavy atom. The van der Waals surface area contributed by atoms with Gasteiger partial charge in [-0.2, -0.15) is 0 Å². The van der Waals surface area contributed by atoms with Gasteiger partial charge in [-0.05, 0) is 47.7 Å². The van der Waals surface area contributed by atoms with Gasteiger partial charge in [-0.25, -0.2) is 4.39 Å². The Kier molecular flexibility index (Phi) is 3.98. The molecule has 1 atom stereocenters. The summed E-state index contributed by atoms with van der Waals surface area (Å²) in [5, 5.41) is 3.27. The van der Waals surface area contributed by atoms with E-state index in [1.807, 2.05) is 29.5 Å². The molecule has 1 fully saturated rings. The molecule has 1 aliphatic rings. The molecule has 1 aromatic carbocycles. The number of carbonyl (C=O) groups excluding carboxylic acids is 1. The molecule has 1 aliphatic heterocycles. The number of amides is 1. The van der Waals surface area contributed by atoms with Gasteiger partial charge in [0.25, 0.3) is 5.91 Å². The summed E-state index contributed by atoms with van der Waals surface area (Å²) in [6.45, 7) is 4.18. The molecule has 0 aromatic heterocycles. The fourth-order valence-corrected chi connectivity index (χ4v) is 2.26. The van der Waals surface area contributed by atoms with E-state index in [1.54, 1.807) is 17.0 Å². The maximum absolute atomic E-state index is 13.4. The molecule has 1 amide bonds. The highest BCUT2D eigenvalue weighted by atomic mass is 127. The minimum atomic E-state index is -0.334. The van der Waals surface area contributed by atoms with Crippen LogP contribution in [-0.2, 0) is 0 Å². The predicted octanol–water partition coefficient (Wildman–Crippen LogP) is 1.86. The number of nitrogens with one attached hydrogen (secondary N) is 1. The lowest BCUT2D eigenvalue weighted by atomic mass is 10.1. The Bertz CT molecular complexity index is 439. The molecule has 17 heavy (non-hydrogen) atoms. The third kappa shape index (κ3) is 2.95. The van der Waals surface area contributed by atoms with Gasteiger partial charge in [-0.15, -0.1) is 0 Å². The number of benzene rings is 1. The van der Waals surface area contributed by atoms with Crippen LogP contribution in [0.1, 0.15) is 17.3 Å². The average molecular weight is 348 g/mol. The van der Waals surface area contributed by atoms with Gasteiger partial charge in [0.1, 0.15) is 5.82 Å². The first-order chi connectivity index (χ1) is 8.08. The number of nitrogens with zero attached hydrogens (tertiary/aromatic N) is 1. The largest absolute Gasteiger partial charge is 0.336 e. The molecule has 1 aromatic rings. The van der Waals surface area contributed by atoms with Crippen molar-refractivity contribution in [1.29, 1.82) is 0 Å². The van der Waals surface area contributed by atoms with Crippen molar-refractivity contribution in [2.24, 2.45) is 0 Å². The van der Waals surface area contributed by atoms with E-state index in [9.17, 15) is 9.18 Å². The van der Waals surface area contributed by atoms with Crippen LogP contribution in [0.3, 0.4) is 0 Å². The van der Waals surface area contributed by atoms with Crippen molar-refractivity contribution < 1.29 is 9.18 Å². The first-order valence-corrected chi connectivity index (χ1v) is 6.63. The van der Waals surface area contributed by atoms with Crippen molar-refractivity contribution in [2.75, 3.05) is 19.6 Å². The summed E-state index contributed by atoms with van der Waals surface area (Å²) in [4.78, 5) is 13.9. The third-order valence-corrected chi connectivity index (χ3v) is 3.70. The second-order valence-electron chi connectivity index (χ2n) is 4.24. The zero-order valence-corrected chi connectivity index (χ0v) is 11.7. The lowest BCUT2D eigenvalue weighted by Crippen LogP contribution is -2.51. The Balaban J connectivity index is 2.15. The Morgan fingerprint density at radius 1 is 1.59 bits per heavy atom. The zero-order valence-electron chi connectivity index (χ0n) is 9.54. The Labute approximate surface area is 114 Å². The highest BCUT2D eigenvalue weighted by Gasteiger charge is 2.22. The third-order valence-electron chi connectivity index (χ3n) is 2.82. The quantitative estimate of drug-likeness (QED) is 0.786. The number of rotatable bonds is 1. The van der Waals surface area contributed by atoms with Gasteiger partial charge in [-0.3, -0.25) is 4.79 Å². The van der Waals surface area contributed by atoms with Gasteiger partial charge < -0.3 is 10.2 Å². The molecule has 3 nitrogen and oxygen atoms in total. The normalized spacial score (nSPS) is 20.4. The number of hydrogen-bond acceptors (Lipinski definition) is 2. The number of carbonyl (C=O) groups is 1. The molecule has 0 saturated carbocycles. The van der Waals surface area contributed by atoms with Crippen molar-refractivity contribution in [3.63, 3.8) is 0 Å². The molecule has 2 rings (SSSR count). The van der Waals surface area contributed by atoms with Gasteiger partial charge in [0.05, 0.1) is 0 Å². The van der Waals surface area contributed by atoms with Crippen LogP contribution in [0.5, 0.6) is 0 Å². The zero-order chi connectivity index (χ0) is 12.4. The first-order valence-electron chi connectivity index (χ1n) is 5.55. The van der Waals surface area contributed by atoms with Gasteiger partial charge in [0.2, 0.25) is 0 Å². The number of halogens is 2. The first kappa shape index (κ1) is 12.8. The van der Waals surface area contributed by atoms with Crippen LogP contribution in [0.25, 0.3) is 0 Å². The lowest BCUT2D eigenvalue weighted by Gasteiger charge is -2.32. The van der Waals surface area contributed by atoms with E-state index in [4.69, 9.17) is 0 Å². The molecule has 0 aliphatic carbocycles. The molecule has 0 spiro atoms. The number of piperazine rings is 1. The molecular formula is C12H14FIN2O. The van der Waals surface area contributed by atoms with E-state index in [-0.39, 0.29) is 11.7 Å². The van der Waals surface area contributed by atoms with Crippen LogP contribution in [-0.4, -0.2) is 36.5 Å². The minimum Gasteiger partial charge on any atom is -0.336 e. The van der Waals surface area contributed by atoms with Crippen LogP contribution in [0.2, 0.25) is 0 Å². The summed E-state index contributed by atoms with van der Waals surface area (Å²) in [5.74, 6) is -0.423. The molecule has 1 saturated heterocycles. The molecular weight excluding hydrogens is 334 g/mol. The molecule has 0 bridgehead atoms. The molecule has 0 radical (unpaired) electrons. The highest BCUT2D eigenvalue weighted by molar-refractivity contribution is 14.1. The lowest BCUT2D eigenvalue weighted by molar-refractivity contribution is 0.0708. The maximum atomic E-state index is 13.4. The summed E-state index contributed by atoms with van der Waals surface area (Å²) in [6.07, 6.45) is 0. The van der Waals surface area contributed by atoms with Gasteiger partial charge in [0, 0.05) is 34.8 Å². The summed E-state index contributed by atoms with van der Waals surface area (Å²) in [6, 6.07) is 4.92. The second-order valence-corrected chi connectivity index (χ2v) is 5.40. The van der Waals surface area contributed by atoms with Crippen LogP contribution >= 0.6 is 22.6 Å². The summed E-state index contributed by atoms with van der Waals surface area (Å²) >= 11 is 1.91. The molecule has 1 N–H and O–H groups in total. The average Bonchev–Trinajstić information content (AvgIpc) is 2.32. The van der Waals surface area contributed by atoms with E-state index in [0.717, 1.165) is 6.54 Å². The SMILES string of the molecule is CC1CN(C(=O)c2ccc(I)c(F)c2)CCN1. The molecule has 1 heterocycles. The van der Waals surface area contributed by atoms with Crippen LogP contribution < -0.4 is 5.32 Å². The maximum Gasteiger partial charge on any atom is 0.254 e. The van der Waals surface area contributed by atoms with Crippen LogP contribution in [0.15, 0.2) is 18.2 Å². The van der Waals surface area contributed by atoms with E-state index >= 15 is 0 Å². The van der Waals surface area contributed by atoms with Gasteiger partial charge in [-0.1, -0.05) is 0 Å². The van der Waals surface area contributed by atoms with Crippen molar-refractivity contribution in [3.8, 4) is 0 Å². The molecule has 92 valence electrons. The number of hydrogen-bond donors (Lipinski definition) is 1. The van der Waals surface area contributed by atoms with Crippen molar-refractivity contribution in [1.82, 2.24) is 10.2 Å². The van der Waals surface area contributed by atoms with E-state index in [1.165, 1.54) is 6.07 Å². The monoisotopic (exact) mass is 348 g/mol. The van der Waals surface area contributed by atoms with Crippen molar-refractivity contribution >= 4 is 28.5 Å². The van der Waals surface area contributed by atoms with Crippen LogP contribution in [0.4, 0.5) is 4.39 Å². The van der Waals surface area contributed by atoms with Crippen molar-refractivity contribution in [3.05, 3.63) is 33.1 Å². The minimum absolute atomic E-state index is 0.0892. The smallest absolute Gasteiger partial charge is 0.254 e. The summed E-state index contributed by atoms with van der Waals surface area (Å²) < 4.78 is 13.9. The van der Waals surface area contributed by atoms with Crippen molar-refractivity contribution in [2.45, 2.75) is 13.0 Å². The second kappa shape index (κ2) is 5.30. The molecule has 1 unspecified atom stereocenters. The molecule has 5 heteroatoms. The summed E-state index contributed by atoms with van der Waals surface area (Å²) in [5.41, 5.74) is 0.428. The Morgan fingerprint density at radius 3 is 3.00 bits per heavy atom. The standard InChI is InChI=1S/C12H14FIN2O/c1-8-7-16(5-4-15-8)12(17)9-2-3-11(14)10(13)6-9/h2-3,6,8,15H,4-5,7H2,1H3. The fourth-order valence-electron chi connectivity index (χ4n) is 1.93. The van der Waals surface area contributed by atoms with Crippen LogP contribution in [0, 0.1) is 9.39 Å². The Hall–Kier alpha value is -0.690. The summed E-state index contributed by atoms with van der Waals surface area (Å²) in [7, 11) is 0.